The minimum Gasteiger partial charge on any atom is -0.316 e. The number of piperidine rings is 1. The highest BCUT2D eigenvalue weighted by Crippen LogP contribution is 2.32. The predicted octanol–water partition coefficient (Wildman–Crippen LogP) is 2.95. The average molecular weight is 269 g/mol. The Morgan fingerprint density at radius 2 is 2.40 bits per heavy atom. The molecular weight excluding hydrogens is 252 g/mol. The fourth-order valence-electron chi connectivity index (χ4n) is 2.42. The first-order valence-electron chi connectivity index (χ1n) is 5.62. The Hall–Kier alpha value is -0.410. The summed E-state index contributed by atoms with van der Waals surface area (Å²) in [4.78, 5) is 4.26. The lowest BCUT2D eigenvalue weighted by atomic mass is 9.80. The van der Waals surface area contributed by atoms with E-state index in [-0.39, 0.29) is 0 Å². The molecule has 0 amide bonds. The van der Waals surface area contributed by atoms with Gasteiger partial charge in [-0.15, -0.1) is 0 Å². The number of rotatable bonds is 2. The molecule has 2 unspecified atom stereocenters. The number of pyridine rings is 1. The van der Waals surface area contributed by atoms with Gasteiger partial charge in [0.15, 0.2) is 0 Å². The van der Waals surface area contributed by atoms with E-state index in [1.807, 2.05) is 12.4 Å². The zero-order valence-electron chi connectivity index (χ0n) is 9.04. The van der Waals surface area contributed by atoms with Crippen LogP contribution in [-0.2, 0) is 0 Å². The van der Waals surface area contributed by atoms with E-state index < -0.39 is 0 Å². The third-order valence-electron chi connectivity index (χ3n) is 3.29. The van der Waals surface area contributed by atoms with Gasteiger partial charge in [0.05, 0.1) is 0 Å². The molecule has 82 valence electrons. The van der Waals surface area contributed by atoms with E-state index in [1.165, 1.54) is 18.4 Å². The summed E-state index contributed by atoms with van der Waals surface area (Å²) in [5.74, 6) is 1.44. The van der Waals surface area contributed by atoms with Crippen molar-refractivity contribution in [3.63, 3.8) is 0 Å². The first-order valence-corrected chi connectivity index (χ1v) is 6.41. The molecule has 1 N–H and O–H groups in total. The van der Waals surface area contributed by atoms with Crippen LogP contribution in [0.3, 0.4) is 0 Å². The van der Waals surface area contributed by atoms with Crippen molar-refractivity contribution in [3.05, 3.63) is 28.5 Å². The van der Waals surface area contributed by atoms with Gasteiger partial charge < -0.3 is 5.32 Å². The lowest BCUT2D eigenvalue weighted by Gasteiger charge is -2.31. The molecule has 2 nitrogen and oxygen atoms in total. The van der Waals surface area contributed by atoms with Crippen LogP contribution >= 0.6 is 15.9 Å². The van der Waals surface area contributed by atoms with Gasteiger partial charge in [0.1, 0.15) is 0 Å². The van der Waals surface area contributed by atoms with Crippen molar-refractivity contribution in [2.24, 2.45) is 5.92 Å². The molecule has 0 bridgehead atoms. The lowest BCUT2D eigenvalue weighted by Crippen LogP contribution is -2.35. The normalized spacial score (nSPS) is 26.5. The summed E-state index contributed by atoms with van der Waals surface area (Å²) in [6.07, 6.45) is 6.34. The van der Waals surface area contributed by atoms with Gasteiger partial charge in [0.2, 0.25) is 0 Å². The molecule has 0 aliphatic carbocycles. The third-order valence-corrected chi connectivity index (χ3v) is 3.72. The molecule has 2 heterocycles. The van der Waals surface area contributed by atoms with Gasteiger partial charge >= 0.3 is 0 Å². The Morgan fingerprint density at radius 1 is 1.53 bits per heavy atom. The average Bonchev–Trinajstić information content (AvgIpc) is 2.29. The fraction of sp³-hybridized carbons (Fsp3) is 0.583. The van der Waals surface area contributed by atoms with Crippen molar-refractivity contribution in [1.82, 2.24) is 10.3 Å². The zero-order chi connectivity index (χ0) is 10.7. The van der Waals surface area contributed by atoms with E-state index in [0.717, 1.165) is 23.5 Å². The minimum atomic E-state index is 0.682. The van der Waals surface area contributed by atoms with Crippen LogP contribution in [0.5, 0.6) is 0 Å². The summed E-state index contributed by atoms with van der Waals surface area (Å²) in [5.41, 5.74) is 1.39. The maximum absolute atomic E-state index is 4.26. The molecule has 3 heteroatoms. The van der Waals surface area contributed by atoms with E-state index in [0.29, 0.717) is 5.92 Å². The number of halogens is 1. The lowest BCUT2D eigenvalue weighted by molar-refractivity contribution is 0.317. The highest BCUT2D eigenvalue weighted by atomic mass is 79.9. The predicted molar refractivity (Wildman–Crippen MR) is 65.9 cm³/mol. The van der Waals surface area contributed by atoms with Gasteiger partial charge in [-0.3, -0.25) is 4.98 Å². The van der Waals surface area contributed by atoms with Gasteiger partial charge in [-0.2, -0.15) is 0 Å². The van der Waals surface area contributed by atoms with Crippen LogP contribution in [0.25, 0.3) is 0 Å². The van der Waals surface area contributed by atoms with Crippen molar-refractivity contribution in [1.29, 1.82) is 0 Å². The van der Waals surface area contributed by atoms with Crippen LogP contribution in [0.2, 0.25) is 0 Å². The van der Waals surface area contributed by atoms with Crippen LogP contribution in [-0.4, -0.2) is 18.1 Å². The molecule has 0 spiro atoms. The molecule has 2 atom stereocenters. The number of hydrogen-bond donors (Lipinski definition) is 1. The molecule has 1 aromatic rings. The third kappa shape index (κ3) is 2.58. The first-order chi connectivity index (χ1) is 7.31. The van der Waals surface area contributed by atoms with Crippen LogP contribution < -0.4 is 5.32 Å². The van der Waals surface area contributed by atoms with E-state index in [4.69, 9.17) is 0 Å². The summed E-state index contributed by atoms with van der Waals surface area (Å²) < 4.78 is 1.09. The molecule has 15 heavy (non-hydrogen) atoms. The molecule has 1 aliphatic rings. The quantitative estimate of drug-likeness (QED) is 0.892. The zero-order valence-corrected chi connectivity index (χ0v) is 10.6. The Kier molecular flexibility index (Phi) is 3.76. The second-order valence-electron chi connectivity index (χ2n) is 4.20. The molecule has 0 aromatic carbocycles. The largest absolute Gasteiger partial charge is 0.316 e. The van der Waals surface area contributed by atoms with Crippen molar-refractivity contribution in [2.45, 2.75) is 25.7 Å². The van der Waals surface area contributed by atoms with E-state index in [9.17, 15) is 0 Å². The maximum atomic E-state index is 4.26. The molecule has 1 fully saturated rings. The Balaban J connectivity index is 2.20. The highest BCUT2D eigenvalue weighted by Gasteiger charge is 2.24. The SMILES string of the molecule is CCC1CNCCC1c1cncc(Br)c1. The number of aromatic nitrogens is 1. The molecule has 0 radical (unpaired) electrons. The maximum Gasteiger partial charge on any atom is 0.0410 e. The van der Waals surface area contributed by atoms with Gasteiger partial charge in [-0.25, -0.2) is 0 Å². The fourth-order valence-corrected chi connectivity index (χ4v) is 2.80. The second kappa shape index (κ2) is 5.08. The van der Waals surface area contributed by atoms with Gasteiger partial charge in [0.25, 0.3) is 0 Å². The summed E-state index contributed by atoms with van der Waals surface area (Å²) >= 11 is 3.49. The topological polar surface area (TPSA) is 24.9 Å². The molecule has 1 saturated heterocycles. The molecule has 1 aromatic heterocycles. The van der Waals surface area contributed by atoms with Crippen LogP contribution in [0.15, 0.2) is 22.9 Å². The van der Waals surface area contributed by atoms with Crippen LogP contribution in [0.4, 0.5) is 0 Å². The van der Waals surface area contributed by atoms with Crippen molar-refractivity contribution >= 4 is 15.9 Å². The smallest absolute Gasteiger partial charge is 0.0410 e. The molecule has 1 aliphatic heterocycles. The number of hydrogen-bond acceptors (Lipinski definition) is 2. The van der Waals surface area contributed by atoms with E-state index in [2.05, 4.69) is 39.2 Å². The highest BCUT2D eigenvalue weighted by molar-refractivity contribution is 9.10. The van der Waals surface area contributed by atoms with E-state index in [1.54, 1.807) is 0 Å². The van der Waals surface area contributed by atoms with Crippen molar-refractivity contribution < 1.29 is 0 Å². The Bertz CT molecular complexity index is 327. The molecular formula is C12H17BrN2. The first kappa shape index (κ1) is 11.1. The summed E-state index contributed by atoms with van der Waals surface area (Å²) in [5, 5.41) is 3.47. The summed E-state index contributed by atoms with van der Waals surface area (Å²) in [6.45, 7) is 4.55. The number of nitrogens with zero attached hydrogens (tertiary/aromatic N) is 1. The van der Waals surface area contributed by atoms with Crippen molar-refractivity contribution in [2.75, 3.05) is 13.1 Å². The Morgan fingerprint density at radius 3 is 3.13 bits per heavy atom. The summed E-state index contributed by atoms with van der Waals surface area (Å²) in [6, 6.07) is 2.21. The number of nitrogens with one attached hydrogen (secondary N) is 1. The van der Waals surface area contributed by atoms with Gasteiger partial charge in [-0.1, -0.05) is 13.3 Å². The van der Waals surface area contributed by atoms with Gasteiger partial charge in [0, 0.05) is 16.9 Å². The van der Waals surface area contributed by atoms with E-state index >= 15 is 0 Å². The van der Waals surface area contributed by atoms with Gasteiger partial charge in [-0.05, 0) is 58.9 Å². The summed E-state index contributed by atoms with van der Waals surface area (Å²) in [7, 11) is 0. The van der Waals surface area contributed by atoms with Crippen LogP contribution in [0, 0.1) is 5.92 Å². The minimum absolute atomic E-state index is 0.682. The monoisotopic (exact) mass is 268 g/mol. The Labute approximate surface area is 99.6 Å². The molecule has 0 saturated carbocycles. The standard InChI is InChI=1S/C12H17BrN2/c1-2-9-6-14-4-3-12(9)10-5-11(13)8-15-7-10/h5,7-9,12,14H,2-4,6H2,1H3. The van der Waals surface area contributed by atoms with Crippen LogP contribution in [0.1, 0.15) is 31.2 Å². The van der Waals surface area contributed by atoms with Crippen molar-refractivity contribution in [3.8, 4) is 0 Å². The second-order valence-corrected chi connectivity index (χ2v) is 5.12. The molecule has 2 rings (SSSR count).